The number of ether oxygens (including phenoxy) is 1. The highest BCUT2D eigenvalue weighted by atomic mass is 35.5. The van der Waals surface area contributed by atoms with E-state index in [0.717, 1.165) is 44.0 Å². The fraction of sp³-hybridized carbons (Fsp3) is 0.650. The molecule has 2 saturated heterocycles. The molecule has 2 heterocycles. The normalized spacial score (nSPS) is 26.6. The molecule has 2 aliphatic heterocycles. The Morgan fingerprint density at radius 2 is 2.08 bits per heavy atom. The topological polar surface area (TPSA) is 41.6 Å². The van der Waals surface area contributed by atoms with E-state index in [-0.39, 0.29) is 11.9 Å². The summed E-state index contributed by atoms with van der Waals surface area (Å²) in [4.78, 5) is 14.7. The minimum Gasteiger partial charge on any atom is -0.375 e. The molecule has 0 radical (unpaired) electrons. The van der Waals surface area contributed by atoms with Crippen molar-refractivity contribution in [2.24, 2.45) is 5.92 Å². The third kappa shape index (κ3) is 5.19. The number of nitrogens with zero attached hydrogens (tertiary/aromatic N) is 1. The first-order valence-electron chi connectivity index (χ1n) is 9.40. The van der Waals surface area contributed by atoms with Crippen LogP contribution >= 0.6 is 11.6 Å². The first-order chi connectivity index (χ1) is 12.0. The van der Waals surface area contributed by atoms with Gasteiger partial charge in [0.05, 0.1) is 12.7 Å². The quantitative estimate of drug-likeness (QED) is 0.842. The van der Waals surface area contributed by atoms with Crippen LogP contribution in [0.1, 0.15) is 38.7 Å². The molecule has 4 nitrogen and oxygen atoms in total. The number of halogens is 1. The van der Waals surface area contributed by atoms with E-state index in [1.807, 2.05) is 24.3 Å². The summed E-state index contributed by atoms with van der Waals surface area (Å²) in [6.45, 7) is 7.17. The predicted octanol–water partition coefficient (Wildman–Crippen LogP) is 3.28. The number of amides is 1. The number of carbonyl (C=O) groups excluding carboxylic acids is 1. The first-order valence-corrected chi connectivity index (χ1v) is 9.78. The van der Waals surface area contributed by atoms with Gasteiger partial charge >= 0.3 is 0 Å². The Hall–Kier alpha value is -1.10. The number of rotatable bonds is 6. The van der Waals surface area contributed by atoms with E-state index >= 15 is 0 Å². The van der Waals surface area contributed by atoms with Crippen molar-refractivity contribution in [3.63, 3.8) is 0 Å². The molecular formula is C20H29ClN2O2. The number of morpholine rings is 1. The summed E-state index contributed by atoms with van der Waals surface area (Å²) in [5.41, 5.74) is 1.23. The Bertz CT molecular complexity index is 576. The summed E-state index contributed by atoms with van der Waals surface area (Å²) in [6.07, 6.45) is 3.69. The molecule has 0 saturated carbocycles. The van der Waals surface area contributed by atoms with Crippen molar-refractivity contribution in [3.8, 4) is 0 Å². The molecule has 5 heteroatoms. The highest BCUT2D eigenvalue weighted by Crippen LogP contribution is 2.25. The molecule has 3 atom stereocenters. The number of carbonyl (C=O) groups is 1. The van der Waals surface area contributed by atoms with Crippen molar-refractivity contribution in [3.05, 3.63) is 34.9 Å². The average Bonchev–Trinajstić information content (AvgIpc) is 2.97. The molecule has 1 N–H and O–H groups in total. The zero-order valence-electron chi connectivity index (χ0n) is 15.2. The molecule has 138 valence electrons. The molecule has 0 spiro atoms. The van der Waals surface area contributed by atoms with Gasteiger partial charge in [-0.15, -0.1) is 0 Å². The summed E-state index contributed by atoms with van der Waals surface area (Å²) < 4.78 is 5.97. The minimum atomic E-state index is 0.167. The monoisotopic (exact) mass is 364 g/mol. The van der Waals surface area contributed by atoms with Crippen molar-refractivity contribution < 1.29 is 9.53 Å². The molecule has 1 aromatic carbocycles. The van der Waals surface area contributed by atoms with Gasteiger partial charge in [0, 0.05) is 36.6 Å². The number of hydrogen-bond donors (Lipinski definition) is 1. The highest BCUT2D eigenvalue weighted by molar-refractivity contribution is 6.30. The van der Waals surface area contributed by atoms with Crippen LogP contribution in [0.15, 0.2) is 24.3 Å². The van der Waals surface area contributed by atoms with E-state index in [9.17, 15) is 4.79 Å². The summed E-state index contributed by atoms with van der Waals surface area (Å²) in [6, 6.07) is 8.59. The third-order valence-electron chi connectivity index (χ3n) is 5.34. The lowest BCUT2D eigenvalue weighted by Gasteiger charge is -2.36. The van der Waals surface area contributed by atoms with Crippen LogP contribution in [0.25, 0.3) is 0 Å². The largest absolute Gasteiger partial charge is 0.375 e. The average molecular weight is 365 g/mol. The maximum Gasteiger partial charge on any atom is 0.220 e. The maximum atomic E-state index is 12.2. The van der Waals surface area contributed by atoms with Gasteiger partial charge in [-0.25, -0.2) is 0 Å². The lowest BCUT2D eigenvalue weighted by atomic mass is 10.0. The summed E-state index contributed by atoms with van der Waals surface area (Å²) in [7, 11) is 0. The van der Waals surface area contributed by atoms with E-state index in [2.05, 4.69) is 24.1 Å². The standard InChI is InChI=1S/C20H29ClN2O2/c1-14(2)19-12-23-11-17(10-18(23)13-25-19)22-20(24)5-3-4-15-6-8-16(21)9-7-15/h6-9,14,17-19H,3-5,10-13H2,1-2H3,(H,22,24)/t17-,18-,19+/m0/s1. The van der Waals surface area contributed by atoms with E-state index in [0.29, 0.717) is 24.5 Å². The van der Waals surface area contributed by atoms with Gasteiger partial charge in [-0.1, -0.05) is 37.6 Å². The van der Waals surface area contributed by atoms with E-state index in [4.69, 9.17) is 16.3 Å². The molecule has 1 amide bonds. The van der Waals surface area contributed by atoms with Crippen LogP contribution in [0.2, 0.25) is 5.02 Å². The van der Waals surface area contributed by atoms with Crippen molar-refractivity contribution >= 4 is 17.5 Å². The van der Waals surface area contributed by atoms with Crippen LogP contribution in [0.4, 0.5) is 0 Å². The van der Waals surface area contributed by atoms with Gasteiger partial charge in [0.25, 0.3) is 0 Å². The van der Waals surface area contributed by atoms with Gasteiger partial charge < -0.3 is 10.1 Å². The number of fused-ring (bicyclic) bond motifs is 1. The Morgan fingerprint density at radius 1 is 1.32 bits per heavy atom. The molecule has 0 unspecified atom stereocenters. The lowest BCUT2D eigenvalue weighted by Crippen LogP contribution is -2.48. The second kappa shape index (κ2) is 8.52. The van der Waals surface area contributed by atoms with Gasteiger partial charge in [0.15, 0.2) is 0 Å². The third-order valence-corrected chi connectivity index (χ3v) is 5.59. The molecule has 2 fully saturated rings. The maximum absolute atomic E-state index is 12.2. The Morgan fingerprint density at radius 3 is 2.80 bits per heavy atom. The molecule has 3 rings (SSSR count). The number of benzene rings is 1. The highest BCUT2D eigenvalue weighted by Gasteiger charge is 2.38. The second-order valence-corrected chi connectivity index (χ2v) is 8.14. The van der Waals surface area contributed by atoms with Crippen LogP contribution in [0.5, 0.6) is 0 Å². The Kier molecular flexibility index (Phi) is 6.37. The molecule has 0 aromatic heterocycles. The fourth-order valence-electron chi connectivity index (χ4n) is 3.81. The van der Waals surface area contributed by atoms with Gasteiger partial charge in [-0.05, 0) is 42.9 Å². The molecule has 25 heavy (non-hydrogen) atoms. The Balaban J connectivity index is 1.38. The van der Waals surface area contributed by atoms with Crippen LogP contribution in [-0.2, 0) is 16.0 Å². The van der Waals surface area contributed by atoms with Gasteiger partial charge in [0.2, 0.25) is 5.91 Å². The summed E-state index contributed by atoms with van der Waals surface area (Å²) >= 11 is 5.89. The molecule has 0 aliphatic carbocycles. The summed E-state index contributed by atoms with van der Waals surface area (Å²) in [5, 5.41) is 3.97. The second-order valence-electron chi connectivity index (χ2n) is 7.70. The number of hydrogen-bond acceptors (Lipinski definition) is 3. The minimum absolute atomic E-state index is 0.167. The number of nitrogens with one attached hydrogen (secondary N) is 1. The van der Waals surface area contributed by atoms with E-state index in [1.165, 1.54) is 5.56 Å². The van der Waals surface area contributed by atoms with Crippen molar-refractivity contribution in [2.75, 3.05) is 19.7 Å². The molecule has 0 bridgehead atoms. The summed E-state index contributed by atoms with van der Waals surface area (Å²) in [5.74, 6) is 0.711. The van der Waals surface area contributed by atoms with Crippen LogP contribution in [0, 0.1) is 5.92 Å². The first kappa shape index (κ1) is 18.7. The van der Waals surface area contributed by atoms with Crippen LogP contribution < -0.4 is 5.32 Å². The lowest BCUT2D eigenvalue weighted by molar-refractivity contribution is -0.121. The van der Waals surface area contributed by atoms with Crippen molar-refractivity contribution in [2.45, 2.75) is 57.7 Å². The zero-order chi connectivity index (χ0) is 17.8. The fourth-order valence-corrected chi connectivity index (χ4v) is 3.94. The molecular weight excluding hydrogens is 336 g/mol. The van der Waals surface area contributed by atoms with Gasteiger partial charge in [0.1, 0.15) is 0 Å². The van der Waals surface area contributed by atoms with Crippen molar-refractivity contribution in [1.29, 1.82) is 0 Å². The number of aryl methyl sites for hydroxylation is 1. The smallest absolute Gasteiger partial charge is 0.220 e. The van der Waals surface area contributed by atoms with Gasteiger partial charge in [-0.2, -0.15) is 0 Å². The van der Waals surface area contributed by atoms with E-state index < -0.39 is 0 Å². The zero-order valence-corrected chi connectivity index (χ0v) is 16.0. The van der Waals surface area contributed by atoms with Crippen LogP contribution in [-0.4, -0.2) is 48.7 Å². The van der Waals surface area contributed by atoms with E-state index in [1.54, 1.807) is 0 Å². The molecule has 1 aromatic rings. The predicted molar refractivity (Wildman–Crippen MR) is 101 cm³/mol. The Labute approximate surface area is 155 Å². The van der Waals surface area contributed by atoms with Crippen LogP contribution in [0.3, 0.4) is 0 Å². The van der Waals surface area contributed by atoms with Gasteiger partial charge in [-0.3, -0.25) is 9.69 Å². The van der Waals surface area contributed by atoms with Crippen molar-refractivity contribution in [1.82, 2.24) is 10.2 Å². The molecule has 2 aliphatic rings. The SMILES string of the molecule is CC(C)[C@H]1CN2C[C@@H](NC(=O)CCCc3ccc(Cl)cc3)C[C@H]2CO1.